The first-order valence-electron chi connectivity index (χ1n) is 6.73. The van der Waals surface area contributed by atoms with E-state index in [0.29, 0.717) is 10.9 Å². The lowest BCUT2D eigenvalue weighted by molar-refractivity contribution is -0.157. The molecule has 1 heterocycles. The summed E-state index contributed by atoms with van der Waals surface area (Å²) in [6.45, 7) is 4.87. The van der Waals surface area contributed by atoms with Crippen molar-refractivity contribution in [2.45, 2.75) is 26.4 Å². The molecule has 0 saturated carbocycles. The van der Waals surface area contributed by atoms with Crippen LogP contribution in [0.5, 0.6) is 5.75 Å². The number of carbonyl (C=O) groups is 2. The van der Waals surface area contributed by atoms with Gasteiger partial charge in [0.1, 0.15) is 16.9 Å². The molecule has 0 bridgehead atoms. The molecular weight excluding hydrogens is 286 g/mol. The van der Waals surface area contributed by atoms with Crippen molar-refractivity contribution in [2.24, 2.45) is 0 Å². The van der Waals surface area contributed by atoms with Gasteiger partial charge in [-0.1, -0.05) is 12.1 Å². The van der Waals surface area contributed by atoms with E-state index in [0.717, 1.165) is 0 Å². The Labute approximate surface area is 127 Å². The van der Waals surface area contributed by atoms with Crippen LogP contribution in [-0.4, -0.2) is 34.2 Å². The van der Waals surface area contributed by atoms with E-state index in [4.69, 9.17) is 9.47 Å². The van der Waals surface area contributed by atoms with Crippen LogP contribution in [0.4, 0.5) is 0 Å². The van der Waals surface area contributed by atoms with Crippen LogP contribution in [-0.2, 0) is 9.53 Å². The highest BCUT2D eigenvalue weighted by Crippen LogP contribution is 2.28. The van der Waals surface area contributed by atoms with Crippen LogP contribution in [0.1, 0.15) is 31.1 Å². The predicted octanol–water partition coefficient (Wildman–Crippen LogP) is 2.65. The molecule has 0 aliphatic carbocycles. The second kappa shape index (κ2) is 6.01. The van der Waals surface area contributed by atoms with Gasteiger partial charge in [0.15, 0.2) is 6.61 Å². The standard InChI is InChI=1S/C16H17NO5/c1-16(2,3)22-13(18)9-21-14-10-6-4-5-7-12(10)17-8-11(14)15(19)20/h4-8H,9H2,1-3H3,(H,19,20). The molecule has 0 fully saturated rings. The fraction of sp³-hybridized carbons (Fsp3) is 0.312. The Hall–Kier alpha value is -2.63. The Balaban J connectivity index is 2.31. The highest BCUT2D eigenvalue weighted by atomic mass is 16.6. The fourth-order valence-corrected chi connectivity index (χ4v) is 1.93. The van der Waals surface area contributed by atoms with Crippen LogP contribution >= 0.6 is 0 Å². The van der Waals surface area contributed by atoms with Gasteiger partial charge in [-0.2, -0.15) is 0 Å². The predicted molar refractivity (Wildman–Crippen MR) is 80.0 cm³/mol. The molecule has 0 unspecified atom stereocenters. The van der Waals surface area contributed by atoms with Crippen molar-refractivity contribution in [1.29, 1.82) is 0 Å². The number of pyridine rings is 1. The van der Waals surface area contributed by atoms with Crippen molar-refractivity contribution >= 4 is 22.8 Å². The van der Waals surface area contributed by atoms with E-state index in [-0.39, 0.29) is 17.9 Å². The lowest BCUT2D eigenvalue weighted by Crippen LogP contribution is -2.27. The van der Waals surface area contributed by atoms with Crippen LogP contribution in [0, 0.1) is 0 Å². The number of carboxylic acids is 1. The maximum atomic E-state index is 11.7. The molecule has 116 valence electrons. The van der Waals surface area contributed by atoms with Crippen molar-refractivity contribution in [3.63, 3.8) is 0 Å². The van der Waals surface area contributed by atoms with Gasteiger partial charge in [0.2, 0.25) is 0 Å². The lowest BCUT2D eigenvalue weighted by Gasteiger charge is -2.20. The second-order valence-corrected chi connectivity index (χ2v) is 5.70. The zero-order valence-electron chi connectivity index (χ0n) is 12.6. The number of nitrogens with zero attached hydrogens (tertiary/aromatic N) is 1. The molecule has 2 aromatic rings. The number of fused-ring (bicyclic) bond motifs is 1. The van der Waals surface area contributed by atoms with Crippen LogP contribution in [0.3, 0.4) is 0 Å². The lowest BCUT2D eigenvalue weighted by atomic mass is 10.1. The number of ether oxygens (including phenoxy) is 2. The topological polar surface area (TPSA) is 85.7 Å². The number of hydrogen-bond acceptors (Lipinski definition) is 5. The Morgan fingerprint density at radius 1 is 1.23 bits per heavy atom. The minimum absolute atomic E-state index is 0.0951. The highest BCUT2D eigenvalue weighted by molar-refractivity contribution is 5.98. The van der Waals surface area contributed by atoms with E-state index in [1.165, 1.54) is 6.20 Å². The number of carboxylic acid groups (broad SMARTS) is 1. The van der Waals surface area contributed by atoms with E-state index in [1.807, 2.05) is 0 Å². The second-order valence-electron chi connectivity index (χ2n) is 5.70. The number of rotatable bonds is 4. The molecule has 0 atom stereocenters. The quantitative estimate of drug-likeness (QED) is 0.874. The number of benzene rings is 1. The number of esters is 1. The highest BCUT2D eigenvalue weighted by Gasteiger charge is 2.20. The first kappa shape index (κ1) is 15.8. The van der Waals surface area contributed by atoms with Crippen molar-refractivity contribution in [3.05, 3.63) is 36.0 Å². The van der Waals surface area contributed by atoms with Gasteiger partial charge in [0.05, 0.1) is 5.52 Å². The van der Waals surface area contributed by atoms with Crippen molar-refractivity contribution in [3.8, 4) is 5.75 Å². The third-order valence-electron chi connectivity index (χ3n) is 2.71. The van der Waals surface area contributed by atoms with Gasteiger partial charge in [-0.15, -0.1) is 0 Å². The molecule has 6 heteroatoms. The zero-order valence-corrected chi connectivity index (χ0v) is 12.6. The largest absolute Gasteiger partial charge is 0.480 e. The Bertz CT molecular complexity index is 718. The van der Waals surface area contributed by atoms with Crippen molar-refractivity contribution in [2.75, 3.05) is 6.61 Å². The number of aromatic carboxylic acids is 1. The average molecular weight is 303 g/mol. The molecule has 1 aromatic carbocycles. The Kier molecular flexibility index (Phi) is 4.30. The van der Waals surface area contributed by atoms with Crippen LogP contribution < -0.4 is 4.74 Å². The minimum Gasteiger partial charge on any atom is -0.480 e. The van der Waals surface area contributed by atoms with Gasteiger partial charge in [-0.3, -0.25) is 4.98 Å². The van der Waals surface area contributed by atoms with Gasteiger partial charge >= 0.3 is 11.9 Å². The molecule has 0 aliphatic heterocycles. The third-order valence-corrected chi connectivity index (χ3v) is 2.71. The normalized spacial score (nSPS) is 11.2. The van der Waals surface area contributed by atoms with Gasteiger partial charge in [-0.25, -0.2) is 9.59 Å². The minimum atomic E-state index is -1.17. The van der Waals surface area contributed by atoms with E-state index < -0.39 is 17.5 Å². The third kappa shape index (κ3) is 3.72. The molecule has 6 nitrogen and oxygen atoms in total. The number of para-hydroxylation sites is 1. The van der Waals surface area contributed by atoms with Crippen molar-refractivity contribution < 1.29 is 24.2 Å². The summed E-state index contributed by atoms with van der Waals surface area (Å²) in [6.07, 6.45) is 1.22. The molecule has 0 spiro atoms. The summed E-state index contributed by atoms with van der Waals surface area (Å²) in [7, 11) is 0. The van der Waals surface area contributed by atoms with Crippen molar-refractivity contribution in [1.82, 2.24) is 4.98 Å². The first-order chi connectivity index (χ1) is 10.3. The van der Waals surface area contributed by atoms with Gasteiger partial charge in [-0.05, 0) is 32.9 Å². The maximum Gasteiger partial charge on any atom is 0.344 e. The number of carbonyl (C=O) groups excluding carboxylic acids is 1. The average Bonchev–Trinajstić information content (AvgIpc) is 2.42. The van der Waals surface area contributed by atoms with E-state index in [1.54, 1.807) is 45.0 Å². The molecular formula is C16H17NO5. The van der Waals surface area contributed by atoms with Crippen LogP contribution in [0.2, 0.25) is 0 Å². The summed E-state index contributed by atoms with van der Waals surface area (Å²) in [5.41, 5.74) is -0.134. The summed E-state index contributed by atoms with van der Waals surface area (Å²) >= 11 is 0. The summed E-state index contributed by atoms with van der Waals surface area (Å²) < 4.78 is 10.6. The SMILES string of the molecule is CC(C)(C)OC(=O)COc1c(C(=O)O)cnc2ccccc12. The molecule has 0 amide bonds. The smallest absolute Gasteiger partial charge is 0.344 e. The zero-order chi connectivity index (χ0) is 16.3. The first-order valence-corrected chi connectivity index (χ1v) is 6.73. The number of aromatic nitrogens is 1. The molecule has 0 aliphatic rings. The van der Waals surface area contributed by atoms with E-state index >= 15 is 0 Å². The number of hydrogen-bond donors (Lipinski definition) is 1. The van der Waals surface area contributed by atoms with Crippen LogP contribution in [0.15, 0.2) is 30.5 Å². The van der Waals surface area contributed by atoms with Crippen LogP contribution in [0.25, 0.3) is 10.9 Å². The molecule has 1 aromatic heterocycles. The molecule has 2 rings (SSSR count). The molecule has 0 radical (unpaired) electrons. The van der Waals surface area contributed by atoms with Gasteiger partial charge in [0, 0.05) is 11.6 Å². The maximum absolute atomic E-state index is 11.7. The molecule has 1 N–H and O–H groups in total. The van der Waals surface area contributed by atoms with Gasteiger partial charge in [0.25, 0.3) is 0 Å². The summed E-state index contributed by atoms with van der Waals surface area (Å²) in [5, 5.41) is 9.77. The fourth-order valence-electron chi connectivity index (χ4n) is 1.93. The summed E-state index contributed by atoms with van der Waals surface area (Å²) in [6, 6.07) is 6.96. The monoisotopic (exact) mass is 303 g/mol. The summed E-state index contributed by atoms with van der Waals surface area (Å²) in [4.78, 5) is 27.1. The van der Waals surface area contributed by atoms with E-state index in [9.17, 15) is 14.7 Å². The molecule has 0 saturated heterocycles. The Morgan fingerprint density at radius 3 is 2.55 bits per heavy atom. The molecule has 22 heavy (non-hydrogen) atoms. The van der Waals surface area contributed by atoms with Gasteiger partial charge < -0.3 is 14.6 Å². The summed E-state index contributed by atoms with van der Waals surface area (Å²) in [5.74, 6) is -1.62. The van der Waals surface area contributed by atoms with E-state index in [2.05, 4.69) is 4.98 Å². The Morgan fingerprint density at radius 2 is 1.91 bits per heavy atom.